The van der Waals surface area contributed by atoms with Crippen LogP contribution in [0.4, 0.5) is 13.2 Å². The second-order valence-corrected chi connectivity index (χ2v) is 7.17. The molecule has 0 unspecified atom stereocenters. The molecule has 1 aromatic heterocycles. The molecular weight excluding hydrogens is 337 g/mol. The molecule has 1 aromatic rings. The molecule has 1 aliphatic heterocycles. The van der Waals surface area contributed by atoms with Crippen molar-refractivity contribution in [1.82, 2.24) is 9.29 Å². The molecule has 2 rings (SSSR count). The Morgan fingerprint density at radius 1 is 1.35 bits per heavy atom. The smallest absolute Gasteiger partial charge is 0.350 e. The monoisotopic (exact) mass is 354 g/mol. The average Bonchev–Trinajstić information content (AvgIpc) is 2.79. The standard InChI is InChI=1S/C13H17F3N2O4S/c1-21-12(22-2)11-10(13(14,15)16)6-9(7-17-11)8-18-4-3-5-23(18,19)20/h6-7,12H,3-5,8H2,1-2H3. The molecule has 0 spiro atoms. The number of hydrogen-bond acceptors (Lipinski definition) is 5. The van der Waals surface area contributed by atoms with Gasteiger partial charge >= 0.3 is 6.18 Å². The zero-order valence-electron chi connectivity index (χ0n) is 12.6. The van der Waals surface area contributed by atoms with E-state index in [1.165, 1.54) is 20.4 Å². The van der Waals surface area contributed by atoms with Crippen molar-refractivity contribution in [3.8, 4) is 0 Å². The number of nitrogens with zero attached hydrogens (tertiary/aromatic N) is 2. The molecule has 0 bridgehead atoms. The first-order valence-corrected chi connectivity index (χ1v) is 8.39. The molecule has 1 fully saturated rings. The van der Waals surface area contributed by atoms with Crippen LogP contribution in [0.2, 0.25) is 0 Å². The molecule has 23 heavy (non-hydrogen) atoms. The van der Waals surface area contributed by atoms with Gasteiger partial charge in [0.25, 0.3) is 0 Å². The third kappa shape index (κ3) is 4.00. The topological polar surface area (TPSA) is 68.7 Å². The summed E-state index contributed by atoms with van der Waals surface area (Å²) < 4.78 is 74.1. The zero-order chi connectivity index (χ0) is 17.3. The number of aromatic nitrogens is 1. The molecule has 0 saturated carbocycles. The van der Waals surface area contributed by atoms with Gasteiger partial charge in [0.1, 0.15) is 5.69 Å². The summed E-state index contributed by atoms with van der Waals surface area (Å²) >= 11 is 0. The zero-order valence-corrected chi connectivity index (χ0v) is 13.4. The number of ether oxygens (including phenoxy) is 2. The highest BCUT2D eigenvalue weighted by atomic mass is 32.2. The van der Waals surface area contributed by atoms with E-state index in [1.54, 1.807) is 0 Å². The Hall–Kier alpha value is -1.23. The molecule has 0 N–H and O–H groups in total. The lowest BCUT2D eigenvalue weighted by Crippen LogP contribution is -2.26. The van der Waals surface area contributed by atoms with Gasteiger partial charge < -0.3 is 9.47 Å². The number of alkyl halides is 3. The van der Waals surface area contributed by atoms with Gasteiger partial charge in [0.2, 0.25) is 16.3 Å². The quantitative estimate of drug-likeness (QED) is 0.756. The van der Waals surface area contributed by atoms with Crippen molar-refractivity contribution in [2.75, 3.05) is 26.5 Å². The Bertz CT molecular complexity index is 660. The number of halogens is 3. The number of hydrogen-bond donors (Lipinski definition) is 0. The van der Waals surface area contributed by atoms with Gasteiger partial charge in [0.05, 0.1) is 11.3 Å². The SMILES string of the molecule is COC(OC)c1ncc(CN2CCCS2(=O)=O)cc1C(F)(F)F. The summed E-state index contributed by atoms with van der Waals surface area (Å²) in [5, 5.41) is 0. The fraction of sp³-hybridized carbons (Fsp3) is 0.615. The van der Waals surface area contributed by atoms with Crippen LogP contribution in [-0.2, 0) is 32.2 Å². The van der Waals surface area contributed by atoms with Crippen molar-refractivity contribution in [3.63, 3.8) is 0 Å². The molecule has 0 amide bonds. The summed E-state index contributed by atoms with van der Waals surface area (Å²) in [7, 11) is -0.976. The fourth-order valence-corrected chi connectivity index (χ4v) is 3.92. The summed E-state index contributed by atoms with van der Waals surface area (Å²) in [6, 6.07) is 0.890. The summed E-state index contributed by atoms with van der Waals surface area (Å²) in [5.41, 5.74) is -1.23. The van der Waals surface area contributed by atoms with E-state index < -0.39 is 33.7 Å². The van der Waals surface area contributed by atoms with Crippen LogP contribution in [0.15, 0.2) is 12.3 Å². The van der Waals surface area contributed by atoms with Crippen LogP contribution in [0.1, 0.15) is 29.5 Å². The van der Waals surface area contributed by atoms with Gasteiger partial charge in [0, 0.05) is 33.5 Å². The second kappa shape index (κ2) is 6.71. The van der Waals surface area contributed by atoms with Crippen LogP contribution < -0.4 is 0 Å². The van der Waals surface area contributed by atoms with Crippen molar-refractivity contribution in [2.45, 2.75) is 25.4 Å². The third-order valence-corrected chi connectivity index (χ3v) is 5.40. The summed E-state index contributed by atoms with van der Waals surface area (Å²) in [5.74, 6) is 0.0140. The van der Waals surface area contributed by atoms with E-state index in [0.717, 1.165) is 10.4 Å². The van der Waals surface area contributed by atoms with Crippen LogP contribution >= 0.6 is 0 Å². The summed E-state index contributed by atoms with van der Waals surface area (Å²) in [6.07, 6.45) is -4.23. The lowest BCUT2D eigenvalue weighted by atomic mass is 10.1. The Balaban J connectivity index is 2.37. The molecule has 130 valence electrons. The first kappa shape index (κ1) is 18.1. The molecule has 1 saturated heterocycles. The minimum absolute atomic E-state index is 0.0140. The lowest BCUT2D eigenvalue weighted by Gasteiger charge is -2.20. The maximum Gasteiger partial charge on any atom is 0.418 e. The van der Waals surface area contributed by atoms with Gasteiger partial charge in [0.15, 0.2) is 0 Å². The second-order valence-electron chi connectivity index (χ2n) is 5.08. The Kier molecular flexibility index (Phi) is 5.29. The molecule has 0 atom stereocenters. The van der Waals surface area contributed by atoms with Crippen molar-refractivity contribution in [2.24, 2.45) is 0 Å². The average molecular weight is 354 g/mol. The van der Waals surface area contributed by atoms with Crippen LogP contribution in [-0.4, -0.2) is 44.2 Å². The first-order valence-electron chi connectivity index (χ1n) is 6.78. The van der Waals surface area contributed by atoms with Gasteiger partial charge in [-0.3, -0.25) is 4.98 Å². The molecule has 0 aliphatic carbocycles. The van der Waals surface area contributed by atoms with Crippen molar-refractivity contribution < 1.29 is 31.1 Å². The van der Waals surface area contributed by atoms with Crippen LogP contribution in [0.5, 0.6) is 0 Å². The molecule has 6 nitrogen and oxygen atoms in total. The lowest BCUT2D eigenvalue weighted by molar-refractivity contribution is -0.149. The van der Waals surface area contributed by atoms with Gasteiger partial charge in [-0.15, -0.1) is 0 Å². The highest BCUT2D eigenvalue weighted by Crippen LogP contribution is 2.35. The van der Waals surface area contributed by atoms with Crippen LogP contribution in [0, 0.1) is 0 Å². The first-order chi connectivity index (χ1) is 10.7. The van der Waals surface area contributed by atoms with Crippen LogP contribution in [0.3, 0.4) is 0 Å². The predicted octanol–water partition coefficient (Wildman–Crippen LogP) is 1.93. The van der Waals surface area contributed by atoms with E-state index in [4.69, 9.17) is 9.47 Å². The Morgan fingerprint density at radius 3 is 2.48 bits per heavy atom. The molecule has 2 heterocycles. The van der Waals surface area contributed by atoms with Crippen molar-refractivity contribution in [1.29, 1.82) is 0 Å². The van der Waals surface area contributed by atoms with Gasteiger partial charge in [-0.25, -0.2) is 8.42 Å². The Labute approximate surface area is 132 Å². The van der Waals surface area contributed by atoms with E-state index in [2.05, 4.69) is 4.98 Å². The van der Waals surface area contributed by atoms with Gasteiger partial charge in [-0.2, -0.15) is 17.5 Å². The highest BCUT2D eigenvalue weighted by Gasteiger charge is 2.37. The minimum Gasteiger partial charge on any atom is -0.350 e. The number of sulfonamides is 1. The molecule has 1 aliphatic rings. The third-order valence-electron chi connectivity index (χ3n) is 3.49. The Morgan fingerprint density at radius 2 is 2.00 bits per heavy atom. The van der Waals surface area contributed by atoms with E-state index in [1.807, 2.05) is 0 Å². The van der Waals surface area contributed by atoms with E-state index in [0.29, 0.717) is 13.0 Å². The maximum absolute atomic E-state index is 13.2. The predicted molar refractivity (Wildman–Crippen MR) is 74.8 cm³/mol. The van der Waals surface area contributed by atoms with Crippen molar-refractivity contribution >= 4 is 10.0 Å². The normalized spacial score (nSPS) is 18.7. The van der Waals surface area contributed by atoms with E-state index in [9.17, 15) is 21.6 Å². The van der Waals surface area contributed by atoms with Gasteiger partial charge in [-0.05, 0) is 18.1 Å². The molecule has 0 aromatic carbocycles. The molecular formula is C13H17F3N2O4S. The van der Waals surface area contributed by atoms with E-state index in [-0.39, 0.29) is 17.9 Å². The summed E-state index contributed by atoms with van der Waals surface area (Å²) in [6.45, 7) is 0.160. The van der Waals surface area contributed by atoms with Crippen molar-refractivity contribution in [3.05, 3.63) is 29.1 Å². The largest absolute Gasteiger partial charge is 0.418 e. The fourth-order valence-electron chi connectivity index (χ4n) is 2.41. The maximum atomic E-state index is 13.2. The number of methoxy groups -OCH3 is 2. The number of rotatable bonds is 5. The number of pyridine rings is 1. The van der Waals surface area contributed by atoms with Gasteiger partial charge in [-0.1, -0.05) is 0 Å². The van der Waals surface area contributed by atoms with E-state index >= 15 is 0 Å². The molecule has 0 radical (unpaired) electrons. The highest BCUT2D eigenvalue weighted by molar-refractivity contribution is 7.89. The summed E-state index contributed by atoms with van der Waals surface area (Å²) in [4.78, 5) is 3.79. The molecule has 10 heteroatoms. The minimum atomic E-state index is -4.66. The van der Waals surface area contributed by atoms with Crippen LogP contribution in [0.25, 0.3) is 0 Å².